The minimum atomic E-state index is 0.0994. The largest absolute Gasteiger partial charge is 0.385 e. The quantitative estimate of drug-likeness (QED) is 0.158. The van der Waals surface area contributed by atoms with E-state index in [1.807, 2.05) is 0 Å². The van der Waals surface area contributed by atoms with E-state index in [9.17, 15) is 4.79 Å². The molecule has 0 spiro atoms. The molecule has 0 aliphatic carbocycles. The molecule has 1 unspecified atom stereocenters. The van der Waals surface area contributed by atoms with Gasteiger partial charge in [0.05, 0.1) is 0 Å². The lowest BCUT2D eigenvalue weighted by Gasteiger charge is -2.24. The third-order valence-electron chi connectivity index (χ3n) is 2.52. The monoisotopic (exact) mass is 243 g/mol. The molecule has 1 aliphatic rings. The first kappa shape index (κ1) is 13.7. The number of methoxy groups -OCH3 is 1. The number of hydrogen-bond acceptors (Lipinski definition) is 4. The van der Waals surface area contributed by atoms with Crippen molar-refractivity contribution in [1.29, 1.82) is 0 Å². The van der Waals surface area contributed by atoms with Gasteiger partial charge >= 0.3 is 0 Å². The second-order valence-electron chi connectivity index (χ2n) is 3.91. The van der Waals surface area contributed by atoms with Crippen molar-refractivity contribution in [3.63, 3.8) is 0 Å². The first-order valence-electron chi connectivity index (χ1n) is 5.79. The highest BCUT2D eigenvalue weighted by Gasteiger charge is 2.18. The highest BCUT2D eigenvalue weighted by atomic mass is 16.5. The second-order valence-corrected chi connectivity index (χ2v) is 3.91. The molecule has 0 aromatic heterocycles. The molecule has 1 atom stereocenters. The van der Waals surface area contributed by atoms with Gasteiger partial charge in [-0.25, -0.2) is 5.84 Å². The Kier molecular flexibility index (Phi) is 6.34. The van der Waals surface area contributed by atoms with E-state index in [-0.39, 0.29) is 11.9 Å². The summed E-state index contributed by atoms with van der Waals surface area (Å²) in [6, 6.07) is 0.185. The highest BCUT2D eigenvalue weighted by Crippen LogP contribution is 2.02. The van der Waals surface area contributed by atoms with Crippen LogP contribution >= 0.6 is 0 Å². The summed E-state index contributed by atoms with van der Waals surface area (Å²) >= 11 is 0. The van der Waals surface area contributed by atoms with Crippen molar-refractivity contribution >= 4 is 11.9 Å². The summed E-state index contributed by atoms with van der Waals surface area (Å²) in [6.07, 6.45) is 2.19. The molecule has 1 rings (SSSR count). The molecule has 0 radical (unpaired) electrons. The van der Waals surface area contributed by atoms with Gasteiger partial charge in [-0.2, -0.15) is 0 Å². The Morgan fingerprint density at radius 3 is 3.12 bits per heavy atom. The van der Waals surface area contributed by atoms with Crippen LogP contribution in [0.3, 0.4) is 0 Å². The van der Waals surface area contributed by atoms with Crippen molar-refractivity contribution in [1.82, 2.24) is 16.1 Å². The van der Waals surface area contributed by atoms with E-state index in [1.54, 1.807) is 7.11 Å². The molecule has 0 aromatic rings. The summed E-state index contributed by atoms with van der Waals surface area (Å²) in [5.41, 5.74) is 2.52. The van der Waals surface area contributed by atoms with Crippen LogP contribution in [0.5, 0.6) is 0 Å². The Bertz CT molecular complexity index is 259. The van der Waals surface area contributed by atoms with Gasteiger partial charge in [-0.3, -0.25) is 15.2 Å². The summed E-state index contributed by atoms with van der Waals surface area (Å²) in [5.74, 6) is 6.03. The van der Waals surface area contributed by atoms with Crippen molar-refractivity contribution in [3.05, 3.63) is 0 Å². The molecule has 17 heavy (non-hydrogen) atoms. The fourth-order valence-electron chi connectivity index (χ4n) is 1.58. The van der Waals surface area contributed by atoms with Gasteiger partial charge in [0.2, 0.25) is 11.9 Å². The maximum Gasteiger partial charge on any atom is 0.220 e. The second kappa shape index (κ2) is 7.86. The van der Waals surface area contributed by atoms with Crippen LogP contribution in [-0.4, -0.2) is 44.7 Å². The zero-order valence-corrected chi connectivity index (χ0v) is 10.2. The van der Waals surface area contributed by atoms with Gasteiger partial charge in [0.15, 0.2) is 0 Å². The zero-order valence-electron chi connectivity index (χ0n) is 10.2. The molecule has 0 aromatic carbocycles. The van der Waals surface area contributed by atoms with Gasteiger partial charge in [0.1, 0.15) is 0 Å². The standard InChI is InChI=1S/C10H21N5O2/c1-17-6-2-5-12-10(15-11)14-8-3-4-9(16)13-7-8/h8H,2-7,11H2,1H3,(H,13,16)(H2,12,14,15). The van der Waals surface area contributed by atoms with Gasteiger partial charge in [-0.15, -0.1) is 0 Å². The smallest absolute Gasteiger partial charge is 0.220 e. The Hall–Kier alpha value is -1.34. The van der Waals surface area contributed by atoms with Crippen molar-refractivity contribution in [2.45, 2.75) is 25.3 Å². The van der Waals surface area contributed by atoms with Crippen LogP contribution < -0.4 is 21.9 Å². The van der Waals surface area contributed by atoms with Gasteiger partial charge in [0, 0.05) is 39.3 Å². The molecule has 7 heteroatoms. The summed E-state index contributed by atoms with van der Waals surface area (Å²) in [6.45, 7) is 1.94. The fourth-order valence-corrected chi connectivity index (χ4v) is 1.58. The van der Waals surface area contributed by atoms with E-state index in [4.69, 9.17) is 10.6 Å². The first-order chi connectivity index (χ1) is 8.26. The molecule has 0 bridgehead atoms. The molecule has 0 saturated carbocycles. The molecule has 5 N–H and O–H groups in total. The van der Waals surface area contributed by atoms with E-state index in [0.717, 1.165) is 12.8 Å². The topological polar surface area (TPSA) is 101 Å². The normalized spacial score (nSPS) is 20.9. The van der Waals surface area contributed by atoms with E-state index < -0.39 is 0 Å². The van der Waals surface area contributed by atoms with Crippen LogP contribution in [0.1, 0.15) is 19.3 Å². The number of rotatable bonds is 5. The highest BCUT2D eigenvalue weighted by molar-refractivity contribution is 5.80. The lowest BCUT2D eigenvalue weighted by Crippen LogP contribution is -2.52. The third-order valence-corrected chi connectivity index (χ3v) is 2.52. The number of nitrogens with one attached hydrogen (secondary N) is 3. The minimum Gasteiger partial charge on any atom is -0.385 e. The first-order valence-corrected chi connectivity index (χ1v) is 5.79. The maximum atomic E-state index is 11.0. The van der Waals surface area contributed by atoms with Crippen LogP contribution in [0.4, 0.5) is 0 Å². The average molecular weight is 243 g/mol. The Morgan fingerprint density at radius 1 is 1.71 bits per heavy atom. The van der Waals surface area contributed by atoms with E-state index in [1.165, 1.54) is 0 Å². The van der Waals surface area contributed by atoms with Crippen molar-refractivity contribution in [2.24, 2.45) is 10.8 Å². The number of guanidine groups is 1. The van der Waals surface area contributed by atoms with Crippen LogP contribution in [-0.2, 0) is 9.53 Å². The van der Waals surface area contributed by atoms with Crippen LogP contribution in [0, 0.1) is 0 Å². The van der Waals surface area contributed by atoms with Crippen molar-refractivity contribution in [3.8, 4) is 0 Å². The molecule has 7 nitrogen and oxygen atoms in total. The van der Waals surface area contributed by atoms with Crippen molar-refractivity contribution in [2.75, 3.05) is 26.8 Å². The van der Waals surface area contributed by atoms with Crippen LogP contribution in [0.2, 0.25) is 0 Å². The number of piperidine rings is 1. The van der Waals surface area contributed by atoms with E-state index >= 15 is 0 Å². The predicted molar refractivity (Wildman–Crippen MR) is 65.3 cm³/mol. The molecule has 1 fully saturated rings. The number of ether oxygens (including phenoxy) is 1. The van der Waals surface area contributed by atoms with Crippen LogP contribution in [0.25, 0.3) is 0 Å². The Morgan fingerprint density at radius 2 is 2.53 bits per heavy atom. The zero-order chi connectivity index (χ0) is 12.5. The predicted octanol–water partition coefficient (Wildman–Crippen LogP) is -1.29. The number of nitrogens with zero attached hydrogens (tertiary/aromatic N) is 1. The molecular formula is C10H21N5O2. The number of hydrazine groups is 1. The molecule has 1 heterocycles. The van der Waals surface area contributed by atoms with Gasteiger partial charge in [-0.1, -0.05) is 0 Å². The molecule has 1 saturated heterocycles. The lowest BCUT2D eigenvalue weighted by atomic mass is 10.1. The van der Waals surface area contributed by atoms with Crippen LogP contribution in [0.15, 0.2) is 4.99 Å². The summed E-state index contributed by atoms with van der Waals surface area (Å²) in [5, 5.41) is 5.95. The SMILES string of the molecule is COCCCN=C(NN)NC1CCC(=O)NC1. The number of aliphatic imine (C=N–C) groups is 1. The third kappa shape index (κ3) is 5.50. The van der Waals surface area contributed by atoms with Gasteiger partial charge < -0.3 is 15.4 Å². The maximum absolute atomic E-state index is 11.0. The van der Waals surface area contributed by atoms with Gasteiger partial charge in [0.25, 0.3) is 0 Å². The number of amides is 1. The Balaban J connectivity index is 2.27. The number of carbonyl (C=O) groups excluding carboxylic acids is 1. The number of nitrogens with two attached hydrogens (primary N) is 1. The number of carbonyl (C=O) groups is 1. The summed E-state index contributed by atoms with van der Waals surface area (Å²) in [4.78, 5) is 15.3. The Labute approximate surface area is 101 Å². The molecule has 98 valence electrons. The lowest BCUT2D eigenvalue weighted by molar-refractivity contribution is -0.122. The molecule has 1 aliphatic heterocycles. The minimum absolute atomic E-state index is 0.0994. The molecular weight excluding hydrogens is 222 g/mol. The fraction of sp³-hybridized carbons (Fsp3) is 0.800. The van der Waals surface area contributed by atoms with E-state index in [0.29, 0.717) is 32.1 Å². The van der Waals surface area contributed by atoms with E-state index in [2.05, 4.69) is 21.1 Å². The average Bonchev–Trinajstić information content (AvgIpc) is 2.35. The number of hydrogen-bond donors (Lipinski definition) is 4. The summed E-state index contributed by atoms with van der Waals surface area (Å²) in [7, 11) is 1.66. The summed E-state index contributed by atoms with van der Waals surface area (Å²) < 4.78 is 4.93. The molecule has 1 amide bonds. The van der Waals surface area contributed by atoms with Crippen molar-refractivity contribution < 1.29 is 9.53 Å². The van der Waals surface area contributed by atoms with Gasteiger partial charge in [-0.05, 0) is 12.8 Å².